The van der Waals surface area contributed by atoms with Gasteiger partial charge in [0.25, 0.3) is 0 Å². The maximum absolute atomic E-state index is 12.3. The van der Waals surface area contributed by atoms with Crippen LogP contribution in [0.1, 0.15) is 12.6 Å². The van der Waals surface area contributed by atoms with E-state index in [1.807, 2.05) is 29.6 Å². The van der Waals surface area contributed by atoms with Gasteiger partial charge in [0.05, 0.1) is 4.88 Å². The van der Waals surface area contributed by atoms with Gasteiger partial charge in [0, 0.05) is 6.07 Å². The van der Waals surface area contributed by atoms with Crippen LogP contribution in [0.2, 0.25) is 0 Å². The van der Waals surface area contributed by atoms with E-state index in [0.29, 0.717) is 23.0 Å². The van der Waals surface area contributed by atoms with Crippen LogP contribution in [0.5, 0.6) is 11.5 Å². The molecule has 6 nitrogen and oxygen atoms in total. The van der Waals surface area contributed by atoms with Gasteiger partial charge in [-0.2, -0.15) is 0 Å². The number of esters is 1. The molecule has 25 heavy (non-hydrogen) atoms. The smallest absolute Gasteiger partial charge is 0.351 e. The monoisotopic (exact) mass is 357 g/mol. The number of carbonyl (C=O) groups excluding carboxylic acids is 1. The quantitative estimate of drug-likeness (QED) is 0.664. The first-order chi connectivity index (χ1) is 12.2. The van der Waals surface area contributed by atoms with Gasteiger partial charge in [0.2, 0.25) is 6.10 Å². The molecule has 0 saturated carbocycles. The number of hydrogen-bond acceptors (Lipinski definition) is 7. The SMILES string of the molecule is CC1Oc2ccccc2OC1C(=O)OCc1cc(-c2cccs2)on1. The number of thiophene rings is 1. The lowest BCUT2D eigenvalue weighted by Crippen LogP contribution is -2.44. The molecule has 3 heterocycles. The maximum atomic E-state index is 12.3. The topological polar surface area (TPSA) is 70.8 Å². The summed E-state index contributed by atoms with van der Waals surface area (Å²) in [6, 6.07) is 12.9. The number of para-hydroxylation sites is 2. The van der Waals surface area contributed by atoms with Gasteiger partial charge in [0.1, 0.15) is 18.4 Å². The van der Waals surface area contributed by atoms with Gasteiger partial charge >= 0.3 is 5.97 Å². The summed E-state index contributed by atoms with van der Waals surface area (Å²) < 4.78 is 22.0. The summed E-state index contributed by atoms with van der Waals surface area (Å²) in [5.41, 5.74) is 0.543. The third-order valence-corrected chi connectivity index (χ3v) is 4.64. The Labute approximate surface area is 147 Å². The number of ether oxygens (including phenoxy) is 3. The van der Waals surface area contributed by atoms with Crippen molar-refractivity contribution in [1.29, 1.82) is 0 Å². The van der Waals surface area contributed by atoms with Crippen molar-refractivity contribution < 1.29 is 23.5 Å². The molecular weight excluding hydrogens is 342 g/mol. The van der Waals surface area contributed by atoms with Crippen molar-refractivity contribution in [2.24, 2.45) is 0 Å². The molecule has 0 radical (unpaired) electrons. The standard InChI is InChI=1S/C18H15NO5S/c1-11-17(23-14-6-3-2-5-13(14)22-11)18(20)21-10-12-9-15(24-19-12)16-7-4-8-25-16/h2-9,11,17H,10H2,1H3. The highest BCUT2D eigenvalue weighted by Gasteiger charge is 2.35. The van der Waals surface area contributed by atoms with Gasteiger partial charge in [-0.05, 0) is 30.5 Å². The van der Waals surface area contributed by atoms with Gasteiger partial charge in [-0.15, -0.1) is 11.3 Å². The van der Waals surface area contributed by atoms with Crippen molar-refractivity contribution >= 4 is 17.3 Å². The van der Waals surface area contributed by atoms with Crippen molar-refractivity contribution in [3.8, 4) is 22.1 Å². The number of hydrogen-bond donors (Lipinski definition) is 0. The Morgan fingerprint density at radius 1 is 1.20 bits per heavy atom. The van der Waals surface area contributed by atoms with Gasteiger partial charge in [-0.1, -0.05) is 23.4 Å². The number of benzene rings is 1. The molecule has 3 aromatic rings. The second-order valence-electron chi connectivity index (χ2n) is 5.58. The van der Waals surface area contributed by atoms with Crippen molar-refractivity contribution in [3.63, 3.8) is 0 Å². The summed E-state index contributed by atoms with van der Waals surface area (Å²) in [4.78, 5) is 13.3. The van der Waals surface area contributed by atoms with Crippen LogP contribution in [-0.2, 0) is 16.1 Å². The van der Waals surface area contributed by atoms with Crippen molar-refractivity contribution in [1.82, 2.24) is 5.16 Å². The van der Waals surface area contributed by atoms with E-state index in [9.17, 15) is 4.79 Å². The van der Waals surface area contributed by atoms with Crippen LogP contribution < -0.4 is 9.47 Å². The molecule has 1 aromatic carbocycles. The molecule has 0 fully saturated rings. The molecule has 4 rings (SSSR count). The second-order valence-corrected chi connectivity index (χ2v) is 6.52. The fourth-order valence-electron chi connectivity index (χ4n) is 2.52. The molecule has 1 aliphatic rings. The Balaban J connectivity index is 1.39. The molecule has 0 amide bonds. The van der Waals surface area contributed by atoms with Crippen LogP contribution in [0, 0.1) is 0 Å². The zero-order valence-corrected chi connectivity index (χ0v) is 14.2. The molecule has 0 saturated heterocycles. The predicted molar refractivity (Wildman–Crippen MR) is 90.6 cm³/mol. The number of carbonyl (C=O) groups is 1. The summed E-state index contributed by atoms with van der Waals surface area (Å²) >= 11 is 1.55. The summed E-state index contributed by atoms with van der Waals surface area (Å²) in [5.74, 6) is 1.31. The van der Waals surface area contributed by atoms with E-state index in [1.165, 1.54) is 0 Å². The highest BCUT2D eigenvalue weighted by molar-refractivity contribution is 7.13. The van der Waals surface area contributed by atoms with E-state index in [2.05, 4.69) is 5.16 Å². The fourth-order valence-corrected chi connectivity index (χ4v) is 3.19. The molecule has 0 N–H and O–H groups in total. The summed E-state index contributed by atoms with van der Waals surface area (Å²) in [6.07, 6.45) is -1.26. The fraction of sp³-hybridized carbons (Fsp3) is 0.222. The normalized spacial score (nSPS) is 18.8. The minimum atomic E-state index is -0.821. The van der Waals surface area contributed by atoms with Crippen LogP contribution in [0.3, 0.4) is 0 Å². The second kappa shape index (κ2) is 6.60. The first-order valence-electron chi connectivity index (χ1n) is 7.79. The van der Waals surface area contributed by atoms with Crippen molar-refractivity contribution in [3.05, 3.63) is 53.5 Å². The Kier molecular flexibility index (Phi) is 4.15. The van der Waals surface area contributed by atoms with E-state index in [0.717, 1.165) is 4.88 Å². The van der Waals surface area contributed by atoms with Crippen LogP contribution in [0.4, 0.5) is 0 Å². The van der Waals surface area contributed by atoms with Crippen molar-refractivity contribution in [2.75, 3.05) is 0 Å². The number of fused-ring (bicyclic) bond motifs is 1. The summed E-state index contributed by atoms with van der Waals surface area (Å²) in [7, 11) is 0. The molecule has 2 unspecified atom stereocenters. The highest BCUT2D eigenvalue weighted by atomic mass is 32.1. The Morgan fingerprint density at radius 2 is 2.00 bits per heavy atom. The lowest BCUT2D eigenvalue weighted by Gasteiger charge is -2.30. The molecular formula is C18H15NO5S. The minimum Gasteiger partial charge on any atom is -0.482 e. The lowest BCUT2D eigenvalue weighted by atomic mass is 10.2. The molecule has 0 aliphatic carbocycles. The maximum Gasteiger partial charge on any atom is 0.351 e. The average molecular weight is 357 g/mol. The van der Waals surface area contributed by atoms with E-state index in [1.54, 1.807) is 36.5 Å². The molecule has 0 bridgehead atoms. The molecule has 0 spiro atoms. The number of nitrogens with zero attached hydrogens (tertiary/aromatic N) is 1. The average Bonchev–Trinajstić information content (AvgIpc) is 3.30. The minimum absolute atomic E-state index is 0.0158. The van der Waals surface area contributed by atoms with E-state index in [-0.39, 0.29) is 6.61 Å². The Bertz CT molecular complexity index is 873. The zero-order chi connectivity index (χ0) is 17.2. The highest BCUT2D eigenvalue weighted by Crippen LogP contribution is 2.33. The molecule has 7 heteroatoms. The Hall–Kier alpha value is -2.80. The van der Waals surface area contributed by atoms with Crippen LogP contribution in [-0.4, -0.2) is 23.3 Å². The molecule has 2 atom stereocenters. The van der Waals surface area contributed by atoms with Gasteiger partial charge in [-0.25, -0.2) is 4.79 Å². The van der Waals surface area contributed by atoms with Gasteiger partial charge in [0.15, 0.2) is 17.3 Å². The van der Waals surface area contributed by atoms with E-state index < -0.39 is 18.2 Å². The number of rotatable bonds is 4. The number of aromatic nitrogens is 1. The predicted octanol–water partition coefficient (Wildman–Crippen LogP) is 3.67. The van der Waals surface area contributed by atoms with E-state index >= 15 is 0 Å². The van der Waals surface area contributed by atoms with Gasteiger partial charge < -0.3 is 18.7 Å². The van der Waals surface area contributed by atoms with Crippen molar-refractivity contribution in [2.45, 2.75) is 25.7 Å². The first kappa shape index (κ1) is 15.7. The zero-order valence-electron chi connectivity index (χ0n) is 13.4. The first-order valence-corrected chi connectivity index (χ1v) is 8.67. The van der Waals surface area contributed by atoms with Crippen LogP contribution in [0.25, 0.3) is 10.6 Å². The molecule has 128 valence electrons. The third-order valence-electron chi connectivity index (χ3n) is 3.76. The summed E-state index contributed by atoms with van der Waals surface area (Å²) in [6.45, 7) is 1.79. The molecule has 2 aromatic heterocycles. The molecule has 1 aliphatic heterocycles. The van der Waals surface area contributed by atoms with Gasteiger partial charge in [-0.3, -0.25) is 0 Å². The van der Waals surface area contributed by atoms with Crippen LogP contribution >= 0.6 is 11.3 Å². The van der Waals surface area contributed by atoms with Crippen LogP contribution in [0.15, 0.2) is 52.4 Å². The largest absolute Gasteiger partial charge is 0.482 e. The lowest BCUT2D eigenvalue weighted by molar-refractivity contribution is -0.159. The van der Waals surface area contributed by atoms with E-state index in [4.69, 9.17) is 18.7 Å². The Morgan fingerprint density at radius 3 is 2.76 bits per heavy atom. The third kappa shape index (κ3) is 3.23. The summed E-state index contributed by atoms with van der Waals surface area (Å²) in [5, 5.41) is 5.88.